The Labute approximate surface area is 140 Å². The second-order valence-corrected chi connectivity index (χ2v) is 4.89. The van der Waals surface area contributed by atoms with Crippen molar-refractivity contribution in [3.8, 4) is 5.75 Å². The zero-order valence-corrected chi connectivity index (χ0v) is 13.6. The Kier molecular flexibility index (Phi) is 6.33. The smallest absolute Gasteiger partial charge is 0.337 e. The maximum atomic E-state index is 12.3. The molecule has 0 heterocycles. The minimum absolute atomic E-state index is 0.311. The molecule has 0 saturated heterocycles. The van der Waals surface area contributed by atoms with E-state index in [0.29, 0.717) is 35.8 Å². The third-order valence-corrected chi connectivity index (χ3v) is 3.21. The lowest BCUT2D eigenvalue weighted by molar-refractivity contribution is 0.0600. The molecule has 0 radical (unpaired) electrons. The van der Waals surface area contributed by atoms with Gasteiger partial charge in [-0.1, -0.05) is 6.07 Å². The van der Waals surface area contributed by atoms with Crippen LogP contribution in [-0.2, 0) is 9.47 Å². The lowest BCUT2D eigenvalue weighted by Gasteiger charge is -2.08. The Balaban J connectivity index is 2.00. The normalized spacial score (nSPS) is 10.1. The van der Waals surface area contributed by atoms with Crippen LogP contribution in [0, 0.1) is 0 Å². The number of benzene rings is 2. The van der Waals surface area contributed by atoms with Crippen molar-refractivity contribution in [1.29, 1.82) is 0 Å². The number of amides is 1. The van der Waals surface area contributed by atoms with Crippen LogP contribution in [0.1, 0.15) is 20.7 Å². The van der Waals surface area contributed by atoms with Gasteiger partial charge in [0.15, 0.2) is 0 Å². The van der Waals surface area contributed by atoms with E-state index in [-0.39, 0.29) is 5.91 Å². The quantitative estimate of drug-likeness (QED) is 0.624. The second-order valence-electron chi connectivity index (χ2n) is 4.89. The summed E-state index contributed by atoms with van der Waals surface area (Å²) in [5.74, 6) is -0.103. The molecule has 0 unspecified atom stereocenters. The first-order chi connectivity index (χ1) is 11.6. The van der Waals surface area contributed by atoms with Gasteiger partial charge in [-0.3, -0.25) is 4.79 Å². The average Bonchev–Trinajstić information content (AvgIpc) is 2.62. The van der Waals surface area contributed by atoms with Crippen LogP contribution in [0.4, 0.5) is 5.69 Å². The molecule has 126 valence electrons. The topological polar surface area (TPSA) is 73.9 Å². The predicted octanol–water partition coefficient (Wildman–Crippen LogP) is 2.75. The summed E-state index contributed by atoms with van der Waals surface area (Å²) in [5.41, 5.74) is 1.33. The first kappa shape index (κ1) is 17.5. The molecule has 6 nitrogen and oxygen atoms in total. The fraction of sp³-hybridized carbons (Fsp3) is 0.222. The van der Waals surface area contributed by atoms with Crippen LogP contribution in [0.3, 0.4) is 0 Å². The van der Waals surface area contributed by atoms with Crippen LogP contribution in [-0.4, -0.2) is 39.3 Å². The van der Waals surface area contributed by atoms with Gasteiger partial charge in [-0.2, -0.15) is 0 Å². The van der Waals surface area contributed by atoms with Gasteiger partial charge in [0.25, 0.3) is 5.91 Å². The number of hydrogen-bond acceptors (Lipinski definition) is 5. The van der Waals surface area contributed by atoms with E-state index < -0.39 is 5.97 Å². The van der Waals surface area contributed by atoms with Crippen LogP contribution < -0.4 is 10.1 Å². The van der Waals surface area contributed by atoms with E-state index in [1.807, 2.05) is 0 Å². The van der Waals surface area contributed by atoms with Crippen LogP contribution in [0.2, 0.25) is 0 Å². The molecule has 1 amide bonds. The van der Waals surface area contributed by atoms with Gasteiger partial charge in [0.2, 0.25) is 0 Å². The first-order valence-electron chi connectivity index (χ1n) is 7.35. The zero-order chi connectivity index (χ0) is 17.4. The van der Waals surface area contributed by atoms with Crippen molar-refractivity contribution in [3.05, 3.63) is 59.7 Å². The number of carbonyl (C=O) groups is 2. The molecule has 0 aliphatic rings. The van der Waals surface area contributed by atoms with Gasteiger partial charge < -0.3 is 19.5 Å². The Morgan fingerprint density at radius 1 is 0.958 bits per heavy atom. The first-order valence-corrected chi connectivity index (χ1v) is 7.35. The summed E-state index contributed by atoms with van der Waals surface area (Å²) in [7, 11) is 2.91. The number of carbonyl (C=O) groups excluding carboxylic acids is 2. The summed E-state index contributed by atoms with van der Waals surface area (Å²) in [5, 5.41) is 2.77. The van der Waals surface area contributed by atoms with Crippen molar-refractivity contribution >= 4 is 17.6 Å². The van der Waals surface area contributed by atoms with E-state index in [0.717, 1.165) is 0 Å². The summed E-state index contributed by atoms with van der Waals surface area (Å²) >= 11 is 0. The standard InChI is InChI=1S/C18H19NO5/c1-22-10-11-24-16-8-6-15(7-9-16)19-17(20)13-4-3-5-14(12-13)18(21)23-2/h3-9,12H,10-11H2,1-2H3,(H,19,20). The molecule has 1 N–H and O–H groups in total. The highest BCUT2D eigenvalue weighted by atomic mass is 16.5. The largest absolute Gasteiger partial charge is 0.491 e. The lowest BCUT2D eigenvalue weighted by atomic mass is 10.1. The maximum Gasteiger partial charge on any atom is 0.337 e. The molecule has 0 spiro atoms. The second kappa shape index (κ2) is 8.69. The van der Waals surface area contributed by atoms with Crippen LogP contribution in [0.15, 0.2) is 48.5 Å². The van der Waals surface area contributed by atoms with Crippen molar-refractivity contribution in [3.63, 3.8) is 0 Å². The van der Waals surface area contributed by atoms with Gasteiger partial charge in [-0.25, -0.2) is 4.79 Å². The Hall–Kier alpha value is -2.86. The van der Waals surface area contributed by atoms with Crippen molar-refractivity contribution in [2.24, 2.45) is 0 Å². The fourth-order valence-corrected chi connectivity index (χ4v) is 1.99. The van der Waals surface area contributed by atoms with Crippen LogP contribution in [0.25, 0.3) is 0 Å². The SMILES string of the molecule is COCCOc1ccc(NC(=O)c2cccc(C(=O)OC)c2)cc1. The van der Waals surface area contributed by atoms with Gasteiger partial charge >= 0.3 is 5.97 Å². The molecule has 0 atom stereocenters. The Morgan fingerprint density at radius 3 is 2.33 bits per heavy atom. The molecule has 2 rings (SSSR count). The maximum absolute atomic E-state index is 12.3. The molecule has 2 aromatic carbocycles. The third kappa shape index (κ3) is 4.82. The molecule has 0 saturated carbocycles. The van der Waals surface area contributed by atoms with Crippen molar-refractivity contribution in [1.82, 2.24) is 0 Å². The summed E-state index contributed by atoms with van der Waals surface area (Å²) < 4.78 is 15.0. The Morgan fingerprint density at radius 2 is 1.67 bits per heavy atom. The molecule has 0 aromatic heterocycles. The molecular weight excluding hydrogens is 310 g/mol. The summed E-state index contributed by atoms with van der Waals surface area (Å²) in [4.78, 5) is 23.8. The highest BCUT2D eigenvalue weighted by Crippen LogP contribution is 2.17. The van der Waals surface area contributed by atoms with Gasteiger partial charge in [-0.15, -0.1) is 0 Å². The molecule has 24 heavy (non-hydrogen) atoms. The van der Waals surface area contributed by atoms with Crippen molar-refractivity contribution < 1.29 is 23.8 Å². The number of nitrogens with one attached hydrogen (secondary N) is 1. The molecule has 0 fully saturated rings. The fourth-order valence-electron chi connectivity index (χ4n) is 1.99. The lowest BCUT2D eigenvalue weighted by Crippen LogP contribution is -2.13. The molecule has 2 aromatic rings. The van der Waals surface area contributed by atoms with E-state index in [9.17, 15) is 9.59 Å². The van der Waals surface area contributed by atoms with E-state index in [4.69, 9.17) is 9.47 Å². The minimum atomic E-state index is -0.484. The molecule has 0 aliphatic carbocycles. The Bertz CT molecular complexity index is 697. The molecule has 0 bridgehead atoms. The van der Waals surface area contributed by atoms with Gasteiger partial charge in [0, 0.05) is 18.4 Å². The predicted molar refractivity (Wildman–Crippen MR) is 89.5 cm³/mol. The van der Waals surface area contributed by atoms with Crippen LogP contribution in [0.5, 0.6) is 5.75 Å². The van der Waals surface area contributed by atoms with E-state index >= 15 is 0 Å². The number of methoxy groups -OCH3 is 2. The number of anilines is 1. The monoisotopic (exact) mass is 329 g/mol. The van der Waals surface area contributed by atoms with E-state index in [1.165, 1.54) is 13.2 Å². The minimum Gasteiger partial charge on any atom is -0.491 e. The number of rotatable bonds is 7. The van der Waals surface area contributed by atoms with E-state index in [1.54, 1.807) is 49.6 Å². The molecular formula is C18H19NO5. The summed E-state index contributed by atoms with van der Waals surface area (Å²) in [6.07, 6.45) is 0. The molecule has 6 heteroatoms. The summed E-state index contributed by atoms with van der Waals surface area (Å²) in [6, 6.07) is 13.3. The van der Waals surface area contributed by atoms with Gasteiger partial charge in [-0.05, 0) is 42.5 Å². The highest BCUT2D eigenvalue weighted by Gasteiger charge is 2.11. The number of hydrogen-bond donors (Lipinski definition) is 1. The third-order valence-electron chi connectivity index (χ3n) is 3.21. The van der Waals surface area contributed by atoms with E-state index in [2.05, 4.69) is 10.1 Å². The average molecular weight is 329 g/mol. The number of ether oxygens (including phenoxy) is 3. The zero-order valence-electron chi connectivity index (χ0n) is 13.6. The molecule has 0 aliphatic heterocycles. The van der Waals surface area contributed by atoms with Crippen molar-refractivity contribution in [2.45, 2.75) is 0 Å². The van der Waals surface area contributed by atoms with Crippen molar-refractivity contribution in [2.75, 3.05) is 32.8 Å². The number of esters is 1. The van der Waals surface area contributed by atoms with Gasteiger partial charge in [0.1, 0.15) is 12.4 Å². The van der Waals surface area contributed by atoms with Gasteiger partial charge in [0.05, 0.1) is 19.3 Å². The summed E-state index contributed by atoms with van der Waals surface area (Å²) in [6.45, 7) is 0.970. The highest BCUT2D eigenvalue weighted by molar-refractivity contribution is 6.05. The van der Waals surface area contributed by atoms with Crippen LogP contribution >= 0.6 is 0 Å².